The van der Waals surface area contributed by atoms with Crippen LogP contribution in [0.4, 0.5) is 0 Å². The second kappa shape index (κ2) is 9.39. The third-order valence-electron chi connectivity index (χ3n) is 2.26. The zero-order chi connectivity index (χ0) is 13.9. The first-order valence-corrected chi connectivity index (χ1v) is 6.59. The molecular weight excluding hydrogens is 244 g/mol. The molecule has 0 aliphatic rings. The number of para-hydroxylation sites is 1. The average molecular weight is 266 g/mol. The molecule has 4 nitrogen and oxygen atoms in total. The lowest BCUT2D eigenvalue weighted by Gasteiger charge is -2.08. The van der Waals surface area contributed by atoms with Gasteiger partial charge in [0, 0.05) is 6.61 Å². The Bertz CT molecular complexity index is 348. The molecule has 106 valence electrons. The summed E-state index contributed by atoms with van der Waals surface area (Å²) in [7, 11) is 0. The van der Waals surface area contributed by atoms with Crippen LogP contribution in [0.15, 0.2) is 30.3 Å². The van der Waals surface area contributed by atoms with E-state index in [2.05, 4.69) is 13.8 Å². The van der Waals surface area contributed by atoms with Gasteiger partial charge in [-0.3, -0.25) is 4.79 Å². The number of hydrogen-bond donors (Lipinski definition) is 0. The molecule has 1 aromatic carbocycles. The number of rotatable bonds is 9. The molecule has 0 aliphatic carbocycles. The first kappa shape index (κ1) is 15.5. The van der Waals surface area contributed by atoms with Crippen molar-refractivity contribution in [1.29, 1.82) is 0 Å². The molecule has 0 saturated heterocycles. The second-order valence-corrected chi connectivity index (χ2v) is 4.60. The molecule has 0 unspecified atom stereocenters. The van der Waals surface area contributed by atoms with Crippen LogP contribution in [-0.4, -0.2) is 32.4 Å². The predicted molar refractivity (Wildman–Crippen MR) is 73.2 cm³/mol. The highest BCUT2D eigenvalue weighted by Crippen LogP contribution is 2.07. The summed E-state index contributed by atoms with van der Waals surface area (Å²) < 4.78 is 15.7. The first-order chi connectivity index (χ1) is 9.18. The number of carbonyl (C=O) groups is 1. The smallest absolute Gasteiger partial charge is 0.308 e. The van der Waals surface area contributed by atoms with Gasteiger partial charge in [0.2, 0.25) is 0 Å². The van der Waals surface area contributed by atoms with E-state index in [0.717, 1.165) is 5.75 Å². The van der Waals surface area contributed by atoms with E-state index in [1.165, 1.54) is 0 Å². The number of hydrogen-bond acceptors (Lipinski definition) is 4. The molecular formula is C15H22O4. The van der Waals surface area contributed by atoms with Gasteiger partial charge in [-0.2, -0.15) is 0 Å². The van der Waals surface area contributed by atoms with Crippen molar-refractivity contribution >= 4 is 5.97 Å². The minimum absolute atomic E-state index is 0.250. The van der Waals surface area contributed by atoms with Crippen molar-refractivity contribution in [3.05, 3.63) is 30.3 Å². The highest BCUT2D eigenvalue weighted by Gasteiger charge is 2.03. The van der Waals surface area contributed by atoms with Crippen LogP contribution in [0, 0.1) is 5.92 Å². The molecule has 0 fully saturated rings. The minimum atomic E-state index is -0.250. The van der Waals surface area contributed by atoms with Gasteiger partial charge in [-0.1, -0.05) is 32.0 Å². The summed E-state index contributed by atoms with van der Waals surface area (Å²) in [5, 5.41) is 0. The van der Waals surface area contributed by atoms with Gasteiger partial charge >= 0.3 is 5.97 Å². The molecule has 0 spiro atoms. The van der Waals surface area contributed by atoms with Crippen molar-refractivity contribution < 1.29 is 19.0 Å². The van der Waals surface area contributed by atoms with Gasteiger partial charge in [0.05, 0.1) is 13.0 Å². The van der Waals surface area contributed by atoms with Crippen LogP contribution in [0.1, 0.15) is 20.3 Å². The molecule has 0 amide bonds. The Morgan fingerprint density at radius 1 is 1.11 bits per heavy atom. The van der Waals surface area contributed by atoms with Crippen LogP contribution < -0.4 is 4.74 Å². The fourth-order valence-corrected chi connectivity index (χ4v) is 1.38. The summed E-state index contributed by atoms with van der Waals surface area (Å²) in [4.78, 5) is 11.3. The molecule has 0 radical (unpaired) electrons. The van der Waals surface area contributed by atoms with Crippen molar-refractivity contribution in [2.24, 2.45) is 5.92 Å². The Labute approximate surface area is 114 Å². The molecule has 4 heteroatoms. The SMILES string of the molecule is CC(C)COCCC(=O)OCCOc1ccccc1. The summed E-state index contributed by atoms with van der Waals surface area (Å²) in [5.74, 6) is 1.01. The van der Waals surface area contributed by atoms with Gasteiger partial charge < -0.3 is 14.2 Å². The van der Waals surface area contributed by atoms with Gasteiger partial charge in [-0.25, -0.2) is 0 Å². The molecule has 0 atom stereocenters. The van der Waals surface area contributed by atoms with Gasteiger partial charge in [0.15, 0.2) is 0 Å². The van der Waals surface area contributed by atoms with Crippen LogP contribution in [0.3, 0.4) is 0 Å². The van der Waals surface area contributed by atoms with E-state index >= 15 is 0 Å². The fraction of sp³-hybridized carbons (Fsp3) is 0.533. The van der Waals surface area contributed by atoms with E-state index in [0.29, 0.717) is 25.7 Å². The van der Waals surface area contributed by atoms with Crippen molar-refractivity contribution in [3.8, 4) is 5.75 Å². The molecule has 1 aromatic rings. The molecule has 0 N–H and O–H groups in total. The van der Waals surface area contributed by atoms with Crippen molar-refractivity contribution in [2.75, 3.05) is 26.4 Å². The molecule has 19 heavy (non-hydrogen) atoms. The van der Waals surface area contributed by atoms with Crippen molar-refractivity contribution in [1.82, 2.24) is 0 Å². The summed E-state index contributed by atoms with van der Waals surface area (Å²) in [6.45, 7) is 5.85. The van der Waals surface area contributed by atoms with Crippen LogP contribution >= 0.6 is 0 Å². The lowest BCUT2D eigenvalue weighted by molar-refractivity contribution is -0.145. The zero-order valence-electron chi connectivity index (χ0n) is 11.6. The highest BCUT2D eigenvalue weighted by molar-refractivity contribution is 5.69. The quantitative estimate of drug-likeness (QED) is 0.509. The molecule has 0 aromatic heterocycles. The lowest BCUT2D eigenvalue weighted by atomic mass is 10.2. The normalized spacial score (nSPS) is 10.5. The van der Waals surface area contributed by atoms with Gasteiger partial charge in [-0.05, 0) is 18.1 Å². The standard InChI is InChI=1S/C15H22O4/c1-13(2)12-17-9-8-15(16)19-11-10-18-14-6-4-3-5-7-14/h3-7,13H,8-12H2,1-2H3. The van der Waals surface area contributed by atoms with E-state index in [4.69, 9.17) is 14.2 Å². The summed E-state index contributed by atoms with van der Waals surface area (Å²) >= 11 is 0. The predicted octanol–water partition coefficient (Wildman–Crippen LogP) is 2.67. The van der Waals surface area contributed by atoms with Crippen LogP contribution in [0.2, 0.25) is 0 Å². The number of esters is 1. The minimum Gasteiger partial charge on any atom is -0.490 e. The van der Waals surface area contributed by atoms with Gasteiger partial charge in [0.1, 0.15) is 19.0 Å². The number of ether oxygens (including phenoxy) is 3. The Kier molecular flexibility index (Phi) is 7.66. The topological polar surface area (TPSA) is 44.8 Å². The van der Waals surface area contributed by atoms with E-state index < -0.39 is 0 Å². The van der Waals surface area contributed by atoms with E-state index in [-0.39, 0.29) is 19.0 Å². The maximum absolute atomic E-state index is 11.3. The third kappa shape index (κ3) is 8.21. The van der Waals surface area contributed by atoms with Crippen molar-refractivity contribution in [3.63, 3.8) is 0 Å². The third-order valence-corrected chi connectivity index (χ3v) is 2.26. The van der Waals surface area contributed by atoms with Crippen molar-refractivity contribution in [2.45, 2.75) is 20.3 Å². The molecule has 0 saturated carbocycles. The lowest BCUT2D eigenvalue weighted by Crippen LogP contribution is -2.14. The van der Waals surface area contributed by atoms with E-state index in [1.54, 1.807) is 0 Å². The largest absolute Gasteiger partial charge is 0.490 e. The van der Waals surface area contributed by atoms with E-state index in [1.807, 2.05) is 30.3 Å². The van der Waals surface area contributed by atoms with Crippen LogP contribution in [0.5, 0.6) is 5.75 Å². The van der Waals surface area contributed by atoms with Crippen LogP contribution in [0.25, 0.3) is 0 Å². The Balaban J connectivity index is 1.98. The summed E-state index contributed by atoms with van der Waals surface area (Å²) in [6.07, 6.45) is 0.290. The molecule has 1 rings (SSSR count). The Hall–Kier alpha value is -1.55. The van der Waals surface area contributed by atoms with Crippen LogP contribution in [-0.2, 0) is 14.3 Å². The Morgan fingerprint density at radius 2 is 1.84 bits per heavy atom. The number of carbonyl (C=O) groups excluding carboxylic acids is 1. The summed E-state index contributed by atoms with van der Waals surface area (Å²) in [6, 6.07) is 9.44. The highest BCUT2D eigenvalue weighted by atomic mass is 16.6. The number of benzene rings is 1. The first-order valence-electron chi connectivity index (χ1n) is 6.59. The molecule has 0 heterocycles. The maximum atomic E-state index is 11.3. The zero-order valence-corrected chi connectivity index (χ0v) is 11.6. The fourth-order valence-electron chi connectivity index (χ4n) is 1.38. The monoisotopic (exact) mass is 266 g/mol. The van der Waals surface area contributed by atoms with E-state index in [9.17, 15) is 4.79 Å². The van der Waals surface area contributed by atoms with Gasteiger partial charge in [-0.15, -0.1) is 0 Å². The second-order valence-electron chi connectivity index (χ2n) is 4.60. The Morgan fingerprint density at radius 3 is 2.53 bits per heavy atom. The summed E-state index contributed by atoms with van der Waals surface area (Å²) in [5.41, 5.74) is 0. The molecule has 0 bridgehead atoms. The molecule has 0 aliphatic heterocycles. The maximum Gasteiger partial charge on any atom is 0.308 e. The average Bonchev–Trinajstić information content (AvgIpc) is 2.41. The van der Waals surface area contributed by atoms with Gasteiger partial charge in [0.25, 0.3) is 0 Å².